The van der Waals surface area contributed by atoms with E-state index in [1.165, 1.54) is 13.3 Å². The smallest absolute Gasteiger partial charge is 0.337 e. The summed E-state index contributed by atoms with van der Waals surface area (Å²) < 4.78 is 4.63. The quantitative estimate of drug-likeness (QED) is 0.830. The summed E-state index contributed by atoms with van der Waals surface area (Å²) in [4.78, 5) is 27.7. The number of benzene rings is 1. The Balaban J connectivity index is 1.67. The number of ether oxygens (including phenoxy) is 1. The number of methoxy groups -OCH3 is 1. The zero-order valence-corrected chi connectivity index (χ0v) is 12.7. The number of nitrogens with one attached hydrogen (secondary N) is 2. The van der Waals surface area contributed by atoms with Crippen molar-refractivity contribution < 1.29 is 14.3 Å². The van der Waals surface area contributed by atoms with Crippen molar-refractivity contribution in [2.75, 3.05) is 17.7 Å². The normalized spacial score (nSPS) is 13.3. The molecule has 1 heterocycles. The van der Waals surface area contributed by atoms with E-state index in [0.717, 1.165) is 18.5 Å². The molecule has 118 valence electrons. The van der Waals surface area contributed by atoms with Gasteiger partial charge in [0.05, 0.1) is 23.9 Å². The lowest BCUT2D eigenvalue weighted by molar-refractivity contribution is 0.0600. The van der Waals surface area contributed by atoms with E-state index >= 15 is 0 Å². The van der Waals surface area contributed by atoms with Gasteiger partial charge in [-0.05, 0) is 43.2 Å². The number of carbonyl (C=O) groups is 2. The van der Waals surface area contributed by atoms with Crippen LogP contribution >= 0.6 is 0 Å². The summed E-state index contributed by atoms with van der Waals surface area (Å²) in [5.74, 6) is -0.659. The topological polar surface area (TPSA) is 80.3 Å². The van der Waals surface area contributed by atoms with E-state index in [1.807, 2.05) is 0 Å². The van der Waals surface area contributed by atoms with Crippen LogP contribution in [0.2, 0.25) is 0 Å². The molecule has 1 aliphatic rings. The lowest BCUT2D eigenvalue weighted by Crippen LogP contribution is -2.13. The Morgan fingerprint density at radius 2 is 1.83 bits per heavy atom. The van der Waals surface area contributed by atoms with E-state index in [-0.39, 0.29) is 5.91 Å². The maximum absolute atomic E-state index is 12.3. The Labute approximate surface area is 133 Å². The first kappa shape index (κ1) is 15.0. The third kappa shape index (κ3) is 3.85. The molecule has 1 amide bonds. The number of anilines is 2. The number of esters is 1. The minimum Gasteiger partial charge on any atom is -0.465 e. The molecule has 6 nitrogen and oxygen atoms in total. The van der Waals surface area contributed by atoms with Crippen LogP contribution in [-0.2, 0) is 4.74 Å². The average Bonchev–Trinajstić information content (AvgIpc) is 3.39. The van der Waals surface area contributed by atoms with Crippen LogP contribution in [0.1, 0.15) is 33.6 Å². The number of hydrogen-bond acceptors (Lipinski definition) is 5. The van der Waals surface area contributed by atoms with E-state index in [9.17, 15) is 9.59 Å². The van der Waals surface area contributed by atoms with Crippen LogP contribution < -0.4 is 10.6 Å². The second-order valence-corrected chi connectivity index (χ2v) is 5.40. The molecule has 6 heteroatoms. The summed E-state index contributed by atoms with van der Waals surface area (Å²) in [7, 11) is 1.33. The number of nitrogens with zero attached hydrogens (tertiary/aromatic N) is 1. The van der Waals surface area contributed by atoms with Crippen molar-refractivity contribution in [1.29, 1.82) is 0 Å². The lowest BCUT2D eigenvalue weighted by atomic mass is 10.2. The number of amides is 1. The highest BCUT2D eigenvalue weighted by Crippen LogP contribution is 2.24. The van der Waals surface area contributed by atoms with E-state index in [0.29, 0.717) is 22.9 Å². The van der Waals surface area contributed by atoms with Crippen LogP contribution in [0.5, 0.6) is 0 Å². The van der Waals surface area contributed by atoms with Gasteiger partial charge in [-0.15, -0.1) is 0 Å². The molecule has 23 heavy (non-hydrogen) atoms. The monoisotopic (exact) mass is 311 g/mol. The van der Waals surface area contributed by atoms with Gasteiger partial charge in [-0.1, -0.05) is 0 Å². The summed E-state index contributed by atoms with van der Waals surface area (Å²) in [6.45, 7) is 0. The second kappa shape index (κ2) is 6.48. The maximum Gasteiger partial charge on any atom is 0.337 e. The fourth-order valence-electron chi connectivity index (χ4n) is 2.12. The van der Waals surface area contributed by atoms with Gasteiger partial charge in [-0.3, -0.25) is 9.78 Å². The fraction of sp³-hybridized carbons (Fsp3) is 0.235. The molecule has 0 aliphatic heterocycles. The van der Waals surface area contributed by atoms with Gasteiger partial charge < -0.3 is 15.4 Å². The van der Waals surface area contributed by atoms with Gasteiger partial charge in [0.1, 0.15) is 0 Å². The molecule has 0 bridgehead atoms. The molecule has 1 aliphatic carbocycles. The average molecular weight is 311 g/mol. The van der Waals surface area contributed by atoms with Crippen molar-refractivity contribution in [3.8, 4) is 0 Å². The lowest BCUT2D eigenvalue weighted by Gasteiger charge is -2.08. The molecule has 0 radical (unpaired) electrons. The summed E-state index contributed by atoms with van der Waals surface area (Å²) in [6.07, 6.45) is 5.54. The first-order valence-corrected chi connectivity index (χ1v) is 7.37. The summed E-state index contributed by atoms with van der Waals surface area (Å²) >= 11 is 0. The Kier molecular flexibility index (Phi) is 4.23. The molecular weight excluding hydrogens is 294 g/mol. The SMILES string of the molecule is COC(=O)c1ccc(NC(=O)c2cncc(NC3CC3)c2)cc1. The highest BCUT2D eigenvalue weighted by molar-refractivity contribution is 6.04. The predicted octanol–water partition coefficient (Wildman–Crippen LogP) is 2.69. The number of rotatable bonds is 5. The van der Waals surface area contributed by atoms with Gasteiger partial charge in [-0.2, -0.15) is 0 Å². The van der Waals surface area contributed by atoms with Gasteiger partial charge in [0, 0.05) is 24.1 Å². The third-order valence-corrected chi connectivity index (χ3v) is 3.51. The van der Waals surface area contributed by atoms with E-state index in [2.05, 4.69) is 20.4 Å². The first-order valence-electron chi connectivity index (χ1n) is 7.37. The van der Waals surface area contributed by atoms with Crippen molar-refractivity contribution in [3.63, 3.8) is 0 Å². The molecule has 2 N–H and O–H groups in total. The minimum atomic E-state index is -0.411. The van der Waals surface area contributed by atoms with Crippen molar-refractivity contribution in [3.05, 3.63) is 53.9 Å². The molecule has 1 aromatic carbocycles. The molecule has 0 unspecified atom stereocenters. The number of aromatic nitrogens is 1. The predicted molar refractivity (Wildman–Crippen MR) is 86.6 cm³/mol. The summed E-state index contributed by atoms with van der Waals surface area (Å²) in [5.41, 5.74) is 2.36. The molecule has 0 atom stereocenters. The van der Waals surface area contributed by atoms with E-state index < -0.39 is 5.97 Å². The molecule has 1 aromatic heterocycles. The zero-order valence-electron chi connectivity index (χ0n) is 12.7. The molecule has 0 saturated heterocycles. The van der Waals surface area contributed by atoms with Crippen molar-refractivity contribution in [2.24, 2.45) is 0 Å². The van der Waals surface area contributed by atoms with Crippen LogP contribution in [0.3, 0.4) is 0 Å². The summed E-state index contributed by atoms with van der Waals surface area (Å²) in [6, 6.07) is 8.80. The molecule has 1 saturated carbocycles. The van der Waals surface area contributed by atoms with Crippen LogP contribution in [0.4, 0.5) is 11.4 Å². The zero-order chi connectivity index (χ0) is 16.2. The Morgan fingerprint density at radius 1 is 1.09 bits per heavy atom. The number of carbonyl (C=O) groups excluding carboxylic acids is 2. The van der Waals surface area contributed by atoms with Crippen molar-refractivity contribution in [1.82, 2.24) is 4.98 Å². The molecular formula is C17H17N3O3. The number of pyridine rings is 1. The van der Waals surface area contributed by atoms with Crippen LogP contribution in [0, 0.1) is 0 Å². The van der Waals surface area contributed by atoms with Crippen LogP contribution in [0.15, 0.2) is 42.7 Å². The van der Waals surface area contributed by atoms with Gasteiger partial charge in [-0.25, -0.2) is 4.79 Å². The Morgan fingerprint density at radius 3 is 2.48 bits per heavy atom. The van der Waals surface area contributed by atoms with Gasteiger partial charge in [0.2, 0.25) is 0 Å². The first-order chi connectivity index (χ1) is 11.2. The highest BCUT2D eigenvalue weighted by Gasteiger charge is 2.21. The highest BCUT2D eigenvalue weighted by atomic mass is 16.5. The van der Waals surface area contributed by atoms with E-state index in [4.69, 9.17) is 0 Å². The molecule has 2 aromatic rings. The minimum absolute atomic E-state index is 0.247. The maximum atomic E-state index is 12.3. The Bertz CT molecular complexity index is 724. The van der Waals surface area contributed by atoms with Crippen molar-refractivity contribution in [2.45, 2.75) is 18.9 Å². The van der Waals surface area contributed by atoms with E-state index in [1.54, 1.807) is 36.5 Å². The molecule has 3 rings (SSSR count). The second-order valence-electron chi connectivity index (χ2n) is 5.40. The largest absolute Gasteiger partial charge is 0.465 e. The summed E-state index contributed by atoms with van der Waals surface area (Å²) in [5, 5.41) is 6.09. The number of hydrogen-bond donors (Lipinski definition) is 2. The van der Waals surface area contributed by atoms with Gasteiger partial charge >= 0.3 is 5.97 Å². The van der Waals surface area contributed by atoms with Crippen molar-refractivity contribution >= 4 is 23.3 Å². The van der Waals surface area contributed by atoms with Gasteiger partial charge in [0.25, 0.3) is 5.91 Å². The third-order valence-electron chi connectivity index (χ3n) is 3.51. The molecule has 1 fully saturated rings. The standard InChI is InChI=1S/C17H17N3O3/c1-23-17(22)11-2-4-14(5-3-11)20-16(21)12-8-15(10-18-9-12)19-13-6-7-13/h2-5,8-10,13,19H,6-7H2,1H3,(H,20,21). The van der Waals surface area contributed by atoms with Crippen LogP contribution in [0.25, 0.3) is 0 Å². The molecule has 0 spiro atoms. The van der Waals surface area contributed by atoms with Crippen LogP contribution in [-0.4, -0.2) is 30.0 Å². The van der Waals surface area contributed by atoms with Gasteiger partial charge in [0.15, 0.2) is 0 Å². The fourth-order valence-corrected chi connectivity index (χ4v) is 2.12. The Hall–Kier alpha value is -2.89.